The molecule has 5 nitrogen and oxygen atoms in total. The van der Waals surface area contributed by atoms with Crippen LogP contribution in [-0.4, -0.2) is 9.78 Å². The lowest BCUT2D eigenvalue weighted by Gasteiger charge is -2.03. The van der Waals surface area contributed by atoms with Gasteiger partial charge in [-0.05, 0) is 37.6 Å². The van der Waals surface area contributed by atoms with Gasteiger partial charge in [0.05, 0.1) is 11.4 Å². The van der Waals surface area contributed by atoms with Gasteiger partial charge in [0.25, 0.3) is 0 Å². The standard InChI is InChI=1S/C11H11N5/c1-8-7-9(2)16(14-8)11-5-3-10(4-6-11)13-15-12/h3-7H,1-2H3. The van der Waals surface area contributed by atoms with Gasteiger partial charge in [0.1, 0.15) is 0 Å². The van der Waals surface area contributed by atoms with Gasteiger partial charge in [-0.2, -0.15) is 5.10 Å². The number of hydrogen-bond donors (Lipinski definition) is 0. The minimum Gasteiger partial charge on any atom is -0.238 e. The highest BCUT2D eigenvalue weighted by Crippen LogP contribution is 2.17. The molecule has 5 heteroatoms. The molecule has 0 radical (unpaired) electrons. The van der Waals surface area contributed by atoms with Crippen LogP contribution in [0.5, 0.6) is 0 Å². The highest BCUT2D eigenvalue weighted by Gasteiger charge is 2.02. The highest BCUT2D eigenvalue weighted by atomic mass is 15.3. The molecule has 0 amide bonds. The number of rotatable bonds is 2. The smallest absolute Gasteiger partial charge is 0.0648 e. The van der Waals surface area contributed by atoms with Gasteiger partial charge in [-0.3, -0.25) is 0 Å². The van der Waals surface area contributed by atoms with Gasteiger partial charge >= 0.3 is 0 Å². The summed E-state index contributed by atoms with van der Waals surface area (Å²) in [6, 6.07) is 9.31. The molecule has 0 bridgehead atoms. The monoisotopic (exact) mass is 213 g/mol. The van der Waals surface area contributed by atoms with E-state index in [1.807, 2.05) is 36.7 Å². The van der Waals surface area contributed by atoms with E-state index < -0.39 is 0 Å². The molecule has 2 aromatic rings. The van der Waals surface area contributed by atoms with Gasteiger partial charge in [-0.15, -0.1) is 0 Å². The van der Waals surface area contributed by atoms with E-state index in [0.29, 0.717) is 5.69 Å². The topological polar surface area (TPSA) is 66.6 Å². The highest BCUT2D eigenvalue weighted by molar-refractivity contribution is 5.44. The fourth-order valence-corrected chi connectivity index (χ4v) is 1.60. The van der Waals surface area contributed by atoms with Crippen molar-refractivity contribution in [1.82, 2.24) is 9.78 Å². The molecule has 0 saturated carbocycles. The second-order valence-corrected chi connectivity index (χ2v) is 3.54. The van der Waals surface area contributed by atoms with Crippen LogP contribution >= 0.6 is 0 Å². The van der Waals surface area contributed by atoms with Crippen LogP contribution in [0.4, 0.5) is 5.69 Å². The van der Waals surface area contributed by atoms with Crippen molar-refractivity contribution in [2.75, 3.05) is 0 Å². The van der Waals surface area contributed by atoms with E-state index in [9.17, 15) is 0 Å². The largest absolute Gasteiger partial charge is 0.238 e. The Hall–Kier alpha value is -2.26. The van der Waals surface area contributed by atoms with E-state index in [-0.39, 0.29) is 0 Å². The van der Waals surface area contributed by atoms with Crippen molar-refractivity contribution in [3.8, 4) is 5.69 Å². The van der Waals surface area contributed by atoms with E-state index >= 15 is 0 Å². The van der Waals surface area contributed by atoms with Crippen molar-refractivity contribution < 1.29 is 0 Å². The number of azide groups is 1. The maximum absolute atomic E-state index is 8.29. The van der Waals surface area contributed by atoms with Gasteiger partial charge < -0.3 is 0 Å². The zero-order valence-electron chi connectivity index (χ0n) is 9.12. The number of hydrogen-bond acceptors (Lipinski definition) is 2. The number of aryl methyl sites for hydroxylation is 2. The minimum atomic E-state index is 0.604. The molecule has 16 heavy (non-hydrogen) atoms. The van der Waals surface area contributed by atoms with E-state index in [2.05, 4.69) is 15.1 Å². The van der Waals surface area contributed by atoms with E-state index in [1.165, 1.54) is 0 Å². The Kier molecular flexibility index (Phi) is 2.62. The molecule has 0 atom stereocenters. The molecule has 0 aliphatic rings. The molecule has 80 valence electrons. The fraction of sp³-hybridized carbons (Fsp3) is 0.182. The molecule has 0 saturated heterocycles. The molecule has 1 aromatic heterocycles. The summed E-state index contributed by atoms with van der Waals surface area (Å²) in [7, 11) is 0. The third-order valence-corrected chi connectivity index (χ3v) is 2.26. The van der Waals surface area contributed by atoms with Gasteiger partial charge in [0.15, 0.2) is 0 Å². The van der Waals surface area contributed by atoms with Gasteiger partial charge in [0.2, 0.25) is 0 Å². The summed E-state index contributed by atoms with van der Waals surface area (Å²) >= 11 is 0. The van der Waals surface area contributed by atoms with Crippen LogP contribution in [0.2, 0.25) is 0 Å². The summed E-state index contributed by atoms with van der Waals surface area (Å²) in [5, 5.41) is 7.89. The van der Waals surface area contributed by atoms with Crippen LogP contribution in [0.3, 0.4) is 0 Å². The van der Waals surface area contributed by atoms with E-state index in [0.717, 1.165) is 17.1 Å². The van der Waals surface area contributed by atoms with Crippen molar-refractivity contribution in [3.05, 3.63) is 52.2 Å². The van der Waals surface area contributed by atoms with Crippen LogP contribution in [-0.2, 0) is 0 Å². The first-order valence-corrected chi connectivity index (χ1v) is 4.89. The SMILES string of the molecule is Cc1cc(C)n(-c2ccc(N=[N+]=[N-])cc2)n1. The molecule has 0 spiro atoms. The van der Waals surface area contributed by atoms with Crippen LogP contribution in [0, 0.1) is 13.8 Å². The number of nitrogens with zero attached hydrogens (tertiary/aromatic N) is 5. The normalized spacial score (nSPS) is 9.88. The molecular weight excluding hydrogens is 202 g/mol. The quantitative estimate of drug-likeness (QED) is 0.428. The summed E-state index contributed by atoms with van der Waals surface area (Å²) in [5.74, 6) is 0. The van der Waals surface area contributed by atoms with Crippen molar-refractivity contribution in [2.24, 2.45) is 5.11 Å². The summed E-state index contributed by atoms with van der Waals surface area (Å²) in [6.45, 7) is 3.96. The third-order valence-electron chi connectivity index (χ3n) is 2.26. The summed E-state index contributed by atoms with van der Waals surface area (Å²) in [4.78, 5) is 2.73. The molecule has 1 heterocycles. The van der Waals surface area contributed by atoms with Crippen LogP contribution in [0.1, 0.15) is 11.4 Å². The summed E-state index contributed by atoms with van der Waals surface area (Å²) in [5.41, 5.74) is 11.9. The van der Waals surface area contributed by atoms with E-state index in [1.54, 1.807) is 12.1 Å². The first-order valence-electron chi connectivity index (χ1n) is 4.89. The molecule has 1 aromatic carbocycles. The Bertz CT molecular complexity index is 546. The predicted octanol–water partition coefficient (Wildman–Crippen LogP) is 3.43. The van der Waals surface area contributed by atoms with Gasteiger partial charge in [0, 0.05) is 16.3 Å². The van der Waals surface area contributed by atoms with Crippen molar-refractivity contribution >= 4 is 5.69 Å². The molecule has 0 N–H and O–H groups in total. The Labute approximate surface area is 93.0 Å². The lowest BCUT2D eigenvalue weighted by Crippen LogP contribution is -1.98. The maximum atomic E-state index is 8.29. The Morgan fingerprint density at radius 1 is 1.25 bits per heavy atom. The molecule has 0 unspecified atom stereocenters. The number of aromatic nitrogens is 2. The molecule has 2 rings (SSSR count). The van der Waals surface area contributed by atoms with Gasteiger partial charge in [-0.25, -0.2) is 4.68 Å². The van der Waals surface area contributed by atoms with Crippen molar-refractivity contribution in [3.63, 3.8) is 0 Å². The lowest BCUT2D eigenvalue weighted by molar-refractivity contribution is 0.833. The van der Waals surface area contributed by atoms with Crippen molar-refractivity contribution in [1.29, 1.82) is 0 Å². The predicted molar refractivity (Wildman–Crippen MR) is 61.8 cm³/mol. The maximum Gasteiger partial charge on any atom is 0.0648 e. The van der Waals surface area contributed by atoms with Crippen LogP contribution in [0.15, 0.2) is 35.4 Å². The van der Waals surface area contributed by atoms with Crippen molar-refractivity contribution in [2.45, 2.75) is 13.8 Å². The minimum absolute atomic E-state index is 0.604. The van der Waals surface area contributed by atoms with E-state index in [4.69, 9.17) is 5.53 Å². The second kappa shape index (κ2) is 4.08. The zero-order chi connectivity index (χ0) is 11.5. The molecule has 0 fully saturated rings. The molecule has 0 aliphatic carbocycles. The van der Waals surface area contributed by atoms with Crippen LogP contribution in [0.25, 0.3) is 16.1 Å². The molecule has 0 aliphatic heterocycles. The summed E-state index contributed by atoms with van der Waals surface area (Å²) in [6.07, 6.45) is 0. The average molecular weight is 213 g/mol. The fourth-order valence-electron chi connectivity index (χ4n) is 1.60. The third kappa shape index (κ3) is 1.89. The first kappa shape index (κ1) is 10.3. The zero-order valence-corrected chi connectivity index (χ0v) is 9.12. The first-order chi connectivity index (χ1) is 7.70. The lowest BCUT2D eigenvalue weighted by atomic mass is 10.3. The molecular formula is C11H11N5. The average Bonchev–Trinajstić information content (AvgIpc) is 2.59. The second-order valence-electron chi connectivity index (χ2n) is 3.54. The van der Waals surface area contributed by atoms with Crippen LogP contribution < -0.4 is 0 Å². The Morgan fingerprint density at radius 2 is 1.94 bits per heavy atom. The Balaban J connectivity index is 2.41. The number of benzene rings is 1. The Morgan fingerprint density at radius 3 is 2.44 bits per heavy atom. The van der Waals surface area contributed by atoms with Gasteiger partial charge in [-0.1, -0.05) is 17.2 Å². The summed E-state index contributed by atoms with van der Waals surface area (Å²) < 4.78 is 1.86.